The van der Waals surface area contributed by atoms with Crippen molar-refractivity contribution >= 4 is 11.6 Å². The van der Waals surface area contributed by atoms with E-state index in [9.17, 15) is 13.6 Å². The number of rotatable bonds is 3. The van der Waals surface area contributed by atoms with Gasteiger partial charge in [-0.1, -0.05) is 6.07 Å². The molecule has 3 aromatic rings. The molecule has 2 aromatic heterocycles. The molecular formula is C15H11F2N3O2. The highest BCUT2D eigenvalue weighted by atomic mass is 19.1. The molecular weight excluding hydrogens is 292 g/mol. The van der Waals surface area contributed by atoms with Crippen molar-refractivity contribution < 1.29 is 18.3 Å². The van der Waals surface area contributed by atoms with Crippen LogP contribution in [0.4, 0.5) is 8.78 Å². The minimum Gasteiger partial charge on any atom is -0.462 e. The fourth-order valence-corrected chi connectivity index (χ4v) is 2.18. The molecule has 0 fully saturated rings. The third kappa shape index (κ3) is 2.20. The molecule has 1 aromatic carbocycles. The van der Waals surface area contributed by atoms with Crippen LogP contribution in [0.3, 0.4) is 0 Å². The van der Waals surface area contributed by atoms with Crippen LogP contribution in [0.5, 0.6) is 0 Å². The van der Waals surface area contributed by atoms with Crippen molar-refractivity contribution in [2.24, 2.45) is 0 Å². The van der Waals surface area contributed by atoms with E-state index in [4.69, 9.17) is 4.74 Å². The zero-order chi connectivity index (χ0) is 15.7. The fraction of sp³-hybridized carbons (Fsp3) is 0.133. The quantitative estimate of drug-likeness (QED) is 0.698. The number of carbonyl (C=O) groups excluding carboxylic acids is 1. The first-order chi connectivity index (χ1) is 10.6. The topological polar surface area (TPSA) is 56.5 Å². The molecule has 0 atom stereocenters. The van der Waals surface area contributed by atoms with E-state index < -0.39 is 17.6 Å². The molecule has 2 heterocycles. The highest BCUT2D eigenvalue weighted by molar-refractivity contribution is 6.02. The summed E-state index contributed by atoms with van der Waals surface area (Å²) < 4.78 is 34.3. The Kier molecular flexibility index (Phi) is 3.54. The summed E-state index contributed by atoms with van der Waals surface area (Å²) in [6, 6.07) is 5.04. The van der Waals surface area contributed by atoms with Crippen LogP contribution in [0, 0.1) is 11.6 Å². The molecule has 0 unspecified atom stereocenters. The second-order valence-electron chi connectivity index (χ2n) is 4.43. The van der Waals surface area contributed by atoms with Gasteiger partial charge in [-0.25, -0.2) is 23.1 Å². The Morgan fingerprint density at radius 2 is 2.00 bits per heavy atom. The number of benzene rings is 1. The van der Waals surface area contributed by atoms with E-state index in [-0.39, 0.29) is 29.1 Å². The van der Waals surface area contributed by atoms with Gasteiger partial charge >= 0.3 is 5.97 Å². The number of carbonyl (C=O) groups is 1. The molecule has 0 aliphatic rings. The van der Waals surface area contributed by atoms with Gasteiger partial charge in [0.2, 0.25) is 0 Å². The molecule has 22 heavy (non-hydrogen) atoms. The predicted octanol–water partition coefficient (Wildman–Crippen LogP) is 2.85. The van der Waals surface area contributed by atoms with Gasteiger partial charge in [0.15, 0.2) is 5.65 Å². The summed E-state index contributed by atoms with van der Waals surface area (Å²) in [5.41, 5.74) is -0.395. The number of esters is 1. The maximum absolute atomic E-state index is 14.0. The first-order valence-electron chi connectivity index (χ1n) is 6.58. The van der Waals surface area contributed by atoms with Gasteiger partial charge in [-0.3, -0.25) is 0 Å². The van der Waals surface area contributed by atoms with E-state index in [0.29, 0.717) is 0 Å². The molecule has 0 aliphatic heterocycles. The lowest BCUT2D eigenvalue weighted by molar-refractivity contribution is 0.0529. The first kappa shape index (κ1) is 14.1. The van der Waals surface area contributed by atoms with Crippen molar-refractivity contribution in [1.29, 1.82) is 0 Å². The van der Waals surface area contributed by atoms with Crippen LogP contribution in [-0.4, -0.2) is 27.2 Å². The third-order valence-electron chi connectivity index (χ3n) is 3.07. The lowest BCUT2D eigenvalue weighted by atomic mass is 10.1. The number of hydrogen-bond acceptors (Lipinski definition) is 4. The number of nitrogens with zero attached hydrogens (tertiary/aromatic N) is 3. The second-order valence-corrected chi connectivity index (χ2v) is 4.43. The Hall–Kier alpha value is -2.83. The fourth-order valence-electron chi connectivity index (χ4n) is 2.18. The van der Waals surface area contributed by atoms with Gasteiger partial charge < -0.3 is 4.74 Å². The summed E-state index contributed by atoms with van der Waals surface area (Å²) in [5.74, 6) is -2.35. The molecule has 0 saturated carbocycles. The summed E-state index contributed by atoms with van der Waals surface area (Å²) in [5, 5.41) is 4.08. The lowest BCUT2D eigenvalue weighted by Crippen LogP contribution is -2.07. The highest BCUT2D eigenvalue weighted by Gasteiger charge is 2.26. The van der Waals surface area contributed by atoms with Crippen LogP contribution in [0.25, 0.3) is 16.9 Å². The van der Waals surface area contributed by atoms with Crippen LogP contribution in [0.2, 0.25) is 0 Å². The monoisotopic (exact) mass is 303 g/mol. The second kappa shape index (κ2) is 5.51. The van der Waals surface area contributed by atoms with Crippen molar-refractivity contribution in [2.45, 2.75) is 6.92 Å². The van der Waals surface area contributed by atoms with Crippen molar-refractivity contribution in [2.75, 3.05) is 6.61 Å². The SMILES string of the molecule is CCOC(=O)c1c(-c2c(F)cccc2F)nn2cccnc12. The average Bonchev–Trinajstić information content (AvgIpc) is 2.86. The molecule has 0 spiro atoms. The number of aromatic nitrogens is 3. The van der Waals surface area contributed by atoms with Crippen molar-refractivity contribution in [3.63, 3.8) is 0 Å². The molecule has 5 nitrogen and oxygen atoms in total. The van der Waals surface area contributed by atoms with Crippen LogP contribution in [-0.2, 0) is 4.74 Å². The van der Waals surface area contributed by atoms with Crippen LogP contribution < -0.4 is 0 Å². The van der Waals surface area contributed by atoms with Crippen LogP contribution >= 0.6 is 0 Å². The van der Waals surface area contributed by atoms with Gasteiger partial charge in [-0.2, -0.15) is 5.10 Å². The Labute approximate surface area is 124 Å². The first-order valence-corrected chi connectivity index (χ1v) is 6.58. The summed E-state index contributed by atoms with van der Waals surface area (Å²) >= 11 is 0. The van der Waals surface area contributed by atoms with E-state index in [0.717, 1.165) is 12.1 Å². The minimum absolute atomic E-state index is 0.0635. The molecule has 0 radical (unpaired) electrons. The summed E-state index contributed by atoms with van der Waals surface area (Å²) in [6.07, 6.45) is 2.99. The zero-order valence-corrected chi connectivity index (χ0v) is 11.6. The number of fused-ring (bicyclic) bond motifs is 1. The molecule has 0 bridgehead atoms. The maximum Gasteiger partial charge on any atom is 0.344 e. The van der Waals surface area contributed by atoms with Gasteiger partial charge in [0.1, 0.15) is 22.9 Å². The predicted molar refractivity (Wildman–Crippen MR) is 74.3 cm³/mol. The zero-order valence-electron chi connectivity index (χ0n) is 11.6. The Morgan fingerprint density at radius 1 is 1.27 bits per heavy atom. The highest BCUT2D eigenvalue weighted by Crippen LogP contribution is 2.30. The summed E-state index contributed by atoms with van der Waals surface area (Å²) in [7, 11) is 0. The van der Waals surface area contributed by atoms with Gasteiger partial charge in [-0.05, 0) is 25.1 Å². The molecule has 0 amide bonds. The van der Waals surface area contributed by atoms with E-state index in [1.807, 2.05) is 0 Å². The maximum atomic E-state index is 14.0. The van der Waals surface area contributed by atoms with Gasteiger partial charge in [0.25, 0.3) is 0 Å². The summed E-state index contributed by atoms with van der Waals surface area (Å²) in [4.78, 5) is 16.2. The van der Waals surface area contributed by atoms with Crippen molar-refractivity contribution in [3.8, 4) is 11.3 Å². The normalized spacial score (nSPS) is 10.9. The average molecular weight is 303 g/mol. The summed E-state index contributed by atoms with van der Waals surface area (Å²) in [6.45, 7) is 1.77. The number of hydrogen-bond donors (Lipinski definition) is 0. The molecule has 0 saturated heterocycles. The molecule has 112 valence electrons. The largest absolute Gasteiger partial charge is 0.462 e. The molecule has 7 heteroatoms. The van der Waals surface area contributed by atoms with E-state index in [2.05, 4.69) is 10.1 Å². The lowest BCUT2D eigenvalue weighted by Gasteiger charge is -2.04. The third-order valence-corrected chi connectivity index (χ3v) is 3.07. The van der Waals surface area contributed by atoms with Crippen LogP contribution in [0.1, 0.15) is 17.3 Å². The van der Waals surface area contributed by atoms with Gasteiger partial charge in [-0.15, -0.1) is 0 Å². The molecule has 0 N–H and O–H groups in total. The smallest absolute Gasteiger partial charge is 0.344 e. The Balaban J connectivity index is 2.34. The van der Waals surface area contributed by atoms with E-state index in [1.165, 1.54) is 23.0 Å². The minimum atomic E-state index is -0.811. The number of ether oxygens (including phenoxy) is 1. The van der Waals surface area contributed by atoms with Crippen LogP contribution in [0.15, 0.2) is 36.7 Å². The van der Waals surface area contributed by atoms with E-state index >= 15 is 0 Å². The Morgan fingerprint density at radius 3 is 2.68 bits per heavy atom. The standard InChI is InChI=1S/C15H11F2N3O2/c1-2-22-15(21)12-13(11-9(16)5-3-6-10(11)17)19-20-8-4-7-18-14(12)20/h3-8H,2H2,1H3. The molecule has 0 aliphatic carbocycles. The van der Waals surface area contributed by atoms with Crippen molar-refractivity contribution in [3.05, 3.63) is 53.9 Å². The molecule has 3 rings (SSSR count). The van der Waals surface area contributed by atoms with Gasteiger partial charge in [0.05, 0.1) is 12.2 Å². The Bertz CT molecular complexity index is 841. The number of halogens is 2. The van der Waals surface area contributed by atoms with Crippen molar-refractivity contribution in [1.82, 2.24) is 14.6 Å². The van der Waals surface area contributed by atoms with E-state index in [1.54, 1.807) is 13.0 Å². The van der Waals surface area contributed by atoms with Gasteiger partial charge in [0, 0.05) is 12.4 Å².